The van der Waals surface area contributed by atoms with Crippen LogP contribution in [0.25, 0.3) is 0 Å². The molecule has 2 rings (SSSR count). The van der Waals surface area contributed by atoms with Crippen LogP contribution in [0.1, 0.15) is 48.2 Å². The molecule has 1 aromatic heterocycles. The molecule has 0 N–H and O–H groups in total. The van der Waals surface area contributed by atoms with Crippen LogP contribution in [0.4, 0.5) is 0 Å². The van der Waals surface area contributed by atoms with Gasteiger partial charge in [0.15, 0.2) is 5.78 Å². The van der Waals surface area contributed by atoms with E-state index in [1.807, 2.05) is 0 Å². The highest BCUT2D eigenvalue weighted by Crippen LogP contribution is 2.27. The summed E-state index contributed by atoms with van der Waals surface area (Å²) >= 11 is 1.21. The van der Waals surface area contributed by atoms with E-state index < -0.39 is 0 Å². The number of carbonyl (C=O) groups excluding carboxylic acids is 1. The Hall–Kier alpha value is -0.770. The van der Waals surface area contributed by atoms with Crippen molar-refractivity contribution in [3.05, 3.63) is 11.1 Å². The Balaban J connectivity index is 1.87. The molecule has 4 heteroatoms. The first-order valence-corrected chi connectivity index (χ1v) is 5.94. The quantitative estimate of drug-likeness (QED) is 0.720. The zero-order valence-electron chi connectivity index (χ0n) is 8.11. The van der Waals surface area contributed by atoms with Crippen molar-refractivity contribution in [3.8, 4) is 0 Å². The van der Waals surface area contributed by atoms with Gasteiger partial charge >= 0.3 is 0 Å². The molecular formula is C10H14N2OS. The van der Waals surface area contributed by atoms with Crippen LogP contribution in [0, 0.1) is 5.92 Å². The van der Waals surface area contributed by atoms with Gasteiger partial charge in [-0.2, -0.15) is 0 Å². The number of ketones is 1. The van der Waals surface area contributed by atoms with E-state index in [-0.39, 0.29) is 5.78 Å². The zero-order valence-corrected chi connectivity index (χ0v) is 8.92. The number of carbonyl (C=O) groups is 1. The van der Waals surface area contributed by atoms with Gasteiger partial charge in [0, 0.05) is 6.42 Å². The van der Waals surface area contributed by atoms with Gasteiger partial charge < -0.3 is 0 Å². The molecule has 1 fully saturated rings. The molecule has 3 nitrogen and oxygen atoms in total. The second kappa shape index (κ2) is 4.64. The van der Waals surface area contributed by atoms with E-state index in [4.69, 9.17) is 0 Å². The van der Waals surface area contributed by atoms with Crippen LogP contribution < -0.4 is 0 Å². The summed E-state index contributed by atoms with van der Waals surface area (Å²) in [6.07, 6.45) is 8.64. The highest BCUT2D eigenvalue weighted by molar-refractivity contribution is 7.07. The van der Waals surface area contributed by atoms with Crippen LogP contribution in [0.2, 0.25) is 0 Å². The third-order valence-electron chi connectivity index (χ3n) is 2.83. The molecular weight excluding hydrogens is 196 g/mol. The van der Waals surface area contributed by atoms with E-state index in [0.29, 0.717) is 12.3 Å². The van der Waals surface area contributed by atoms with E-state index in [9.17, 15) is 4.79 Å². The summed E-state index contributed by atoms with van der Waals surface area (Å²) in [4.78, 5) is 12.4. The molecule has 0 bridgehead atoms. The predicted molar refractivity (Wildman–Crippen MR) is 55.4 cm³/mol. The smallest absolute Gasteiger partial charge is 0.176 e. The summed E-state index contributed by atoms with van der Waals surface area (Å²) in [7, 11) is 0. The van der Waals surface area contributed by atoms with Crippen molar-refractivity contribution in [3.63, 3.8) is 0 Å². The minimum atomic E-state index is 0.229. The summed E-state index contributed by atoms with van der Waals surface area (Å²) in [6.45, 7) is 0. The van der Waals surface area contributed by atoms with Gasteiger partial charge in [-0.3, -0.25) is 4.79 Å². The topological polar surface area (TPSA) is 42.9 Å². The van der Waals surface area contributed by atoms with Crippen molar-refractivity contribution >= 4 is 17.3 Å². The number of rotatable bonds is 3. The number of hydrogen-bond acceptors (Lipinski definition) is 4. The highest BCUT2D eigenvalue weighted by Gasteiger charge is 2.18. The first-order chi connectivity index (χ1) is 6.86. The molecule has 0 unspecified atom stereocenters. The van der Waals surface area contributed by atoms with Gasteiger partial charge in [0.25, 0.3) is 0 Å². The van der Waals surface area contributed by atoms with Gasteiger partial charge in [-0.15, -0.1) is 5.10 Å². The molecule has 0 radical (unpaired) electrons. The minimum Gasteiger partial charge on any atom is -0.293 e. The fourth-order valence-corrected chi connectivity index (χ4v) is 2.51. The summed E-state index contributed by atoms with van der Waals surface area (Å²) < 4.78 is 3.71. The third-order valence-corrected chi connectivity index (χ3v) is 3.54. The van der Waals surface area contributed by atoms with E-state index in [2.05, 4.69) is 9.59 Å². The molecule has 0 spiro atoms. The lowest BCUT2D eigenvalue weighted by atomic mass is 9.86. The Labute approximate surface area is 87.7 Å². The first kappa shape index (κ1) is 9.77. The maximum Gasteiger partial charge on any atom is 0.176 e. The Kier molecular flexibility index (Phi) is 3.24. The SMILES string of the molecule is O=C(CC1CCCCC1)c1cnns1. The molecule has 1 heterocycles. The maximum atomic E-state index is 11.7. The van der Waals surface area contributed by atoms with Crippen molar-refractivity contribution in [1.29, 1.82) is 0 Å². The lowest BCUT2D eigenvalue weighted by molar-refractivity contribution is 0.0954. The van der Waals surface area contributed by atoms with Crippen LogP contribution in [0.5, 0.6) is 0 Å². The minimum absolute atomic E-state index is 0.229. The van der Waals surface area contributed by atoms with Crippen LogP contribution in [-0.2, 0) is 0 Å². The van der Waals surface area contributed by atoms with E-state index >= 15 is 0 Å². The van der Waals surface area contributed by atoms with E-state index in [1.54, 1.807) is 6.20 Å². The van der Waals surface area contributed by atoms with Crippen LogP contribution >= 0.6 is 11.5 Å². The molecule has 0 aromatic carbocycles. The largest absolute Gasteiger partial charge is 0.293 e. The molecule has 76 valence electrons. The van der Waals surface area contributed by atoms with Gasteiger partial charge in [0.1, 0.15) is 4.88 Å². The van der Waals surface area contributed by atoms with Gasteiger partial charge in [-0.05, 0) is 17.5 Å². The van der Waals surface area contributed by atoms with E-state index in [1.165, 1.54) is 43.6 Å². The maximum absolute atomic E-state index is 11.7. The molecule has 0 amide bonds. The fourth-order valence-electron chi connectivity index (χ4n) is 2.04. The molecule has 1 aliphatic rings. The lowest BCUT2D eigenvalue weighted by Gasteiger charge is -2.20. The van der Waals surface area contributed by atoms with Crippen molar-refractivity contribution in [2.75, 3.05) is 0 Å². The number of aromatic nitrogens is 2. The Morgan fingerprint density at radius 3 is 2.86 bits per heavy atom. The molecule has 0 aliphatic heterocycles. The first-order valence-electron chi connectivity index (χ1n) is 5.17. The number of nitrogens with zero attached hydrogens (tertiary/aromatic N) is 2. The monoisotopic (exact) mass is 210 g/mol. The normalized spacial score (nSPS) is 18.3. The molecule has 1 saturated carbocycles. The highest BCUT2D eigenvalue weighted by atomic mass is 32.1. The predicted octanol–water partition coefficient (Wildman–Crippen LogP) is 2.69. The van der Waals surface area contributed by atoms with Crippen LogP contribution in [0.3, 0.4) is 0 Å². The zero-order chi connectivity index (χ0) is 9.80. The molecule has 0 atom stereocenters. The molecule has 14 heavy (non-hydrogen) atoms. The average Bonchev–Trinajstić information content (AvgIpc) is 2.72. The summed E-state index contributed by atoms with van der Waals surface area (Å²) in [5.74, 6) is 0.838. The Bertz CT molecular complexity index is 291. The summed E-state index contributed by atoms with van der Waals surface area (Å²) in [5, 5.41) is 3.68. The Morgan fingerprint density at radius 2 is 2.21 bits per heavy atom. The lowest BCUT2D eigenvalue weighted by Crippen LogP contribution is -2.11. The van der Waals surface area contributed by atoms with Gasteiger partial charge in [0.05, 0.1) is 6.20 Å². The standard InChI is InChI=1S/C10H14N2OS/c13-9(10-7-11-12-14-10)6-8-4-2-1-3-5-8/h7-8H,1-6H2. The molecule has 0 saturated heterocycles. The molecule has 1 aliphatic carbocycles. The van der Waals surface area contributed by atoms with Crippen molar-refractivity contribution in [1.82, 2.24) is 9.59 Å². The molecule has 1 aromatic rings. The van der Waals surface area contributed by atoms with Crippen molar-refractivity contribution in [2.45, 2.75) is 38.5 Å². The van der Waals surface area contributed by atoms with E-state index in [0.717, 1.165) is 4.88 Å². The van der Waals surface area contributed by atoms with Crippen molar-refractivity contribution < 1.29 is 4.79 Å². The van der Waals surface area contributed by atoms with Gasteiger partial charge in [-0.25, -0.2) is 0 Å². The second-order valence-electron chi connectivity index (χ2n) is 3.91. The number of Topliss-reactive ketones (excluding diaryl/α,β-unsaturated/α-hetero) is 1. The van der Waals surface area contributed by atoms with Gasteiger partial charge in [0.2, 0.25) is 0 Å². The average molecular weight is 210 g/mol. The Morgan fingerprint density at radius 1 is 1.43 bits per heavy atom. The van der Waals surface area contributed by atoms with Crippen molar-refractivity contribution in [2.24, 2.45) is 5.92 Å². The van der Waals surface area contributed by atoms with Crippen LogP contribution in [-0.4, -0.2) is 15.4 Å². The fraction of sp³-hybridized carbons (Fsp3) is 0.700. The third kappa shape index (κ3) is 2.38. The van der Waals surface area contributed by atoms with Crippen LogP contribution in [0.15, 0.2) is 6.20 Å². The van der Waals surface area contributed by atoms with Gasteiger partial charge in [-0.1, -0.05) is 36.6 Å². The summed E-state index contributed by atoms with van der Waals surface area (Å²) in [6, 6.07) is 0. The summed E-state index contributed by atoms with van der Waals surface area (Å²) in [5.41, 5.74) is 0. The second-order valence-corrected chi connectivity index (χ2v) is 4.70. The number of hydrogen-bond donors (Lipinski definition) is 0.